The number of likely N-dealkylation sites (N-methyl/N-ethyl adjacent to an activating group) is 1. The molecule has 3 aliphatic rings. The van der Waals surface area contributed by atoms with Crippen molar-refractivity contribution in [3.8, 4) is 5.75 Å². The number of aromatic hydroxyl groups is 1. The SMILES string of the molecule is CN1CC(=O)N2[C@@H](Cc3ccc(O)cc3)C(=O)N(Cc3ccc(Cl)c(N4CCCC4=O)c3)C[C@@H]2N1C(=O)NCc1ccccc1. The highest BCUT2D eigenvalue weighted by Gasteiger charge is 2.50. The molecule has 0 bridgehead atoms. The van der Waals surface area contributed by atoms with Crippen LogP contribution in [0, 0.1) is 0 Å². The number of nitrogens with one attached hydrogen (secondary N) is 1. The number of carbonyl (C=O) groups excluding carboxylic acids is 4. The van der Waals surface area contributed by atoms with Gasteiger partial charge >= 0.3 is 6.03 Å². The van der Waals surface area contributed by atoms with Crippen LogP contribution < -0.4 is 10.2 Å². The molecule has 6 rings (SSSR count). The van der Waals surface area contributed by atoms with Crippen molar-refractivity contribution in [1.82, 2.24) is 25.1 Å². The van der Waals surface area contributed by atoms with Gasteiger partial charge in [-0.2, -0.15) is 0 Å². The summed E-state index contributed by atoms with van der Waals surface area (Å²) < 4.78 is 0. The third-order valence-corrected chi connectivity index (χ3v) is 8.87. The summed E-state index contributed by atoms with van der Waals surface area (Å²) in [6, 6.07) is 20.2. The third-order valence-electron chi connectivity index (χ3n) is 8.55. The molecule has 12 heteroatoms. The predicted molar refractivity (Wildman–Crippen MR) is 168 cm³/mol. The van der Waals surface area contributed by atoms with Crippen molar-refractivity contribution in [2.45, 2.75) is 44.6 Å². The van der Waals surface area contributed by atoms with E-state index < -0.39 is 12.2 Å². The molecule has 0 radical (unpaired) electrons. The summed E-state index contributed by atoms with van der Waals surface area (Å²) >= 11 is 6.50. The van der Waals surface area contributed by atoms with E-state index >= 15 is 0 Å². The normalized spacial score (nSPS) is 20.5. The Morgan fingerprint density at radius 3 is 2.40 bits per heavy atom. The lowest BCUT2D eigenvalue weighted by Crippen LogP contribution is -2.76. The standard InChI is InChI=1S/C33H35ClN6O5/c1-36-21-31(43)39-28(16-22-9-12-25(41)13-10-22)32(44)37(19-24-11-14-26(34)27(17-24)38-15-5-8-30(38)42)20-29(39)40(36)33(45)35-18-23-6-3-2-4-7-23/h2-4,6-7,9-14,17,28-29,41H,5,8,15-16,18-21H2,1H3,(H,35,45)/t28-,29-/m0/s1. The second-order valence-electron chi connectivity index (χ2n) is 11.6. The molecule has 0 spiro atoms. The van der Waals surface area contributed by atoms with Crippen molar-refractivity contribution >= 4 is 41.0 Å². The first kappa shape index (κ1) is 30.4. The molecule has 3 fully saturated rings. The Bertz CT molecular complexity index is 1600. The number of phenols is 1. The average Bonchev–Trinajstić information content (AvgIpc) is 3.45. The molecule has 5 amide bonds. The number of piperazine rings is 1. The Morgan fingerprint density at radius 2 is 1.69 bits per heavy atom. The van der Waals surface area contributed by atoms with Crippen LogP contribution in [0.25, 0.3) is 0 Å². The van der Waals surface area contributed by atoms with Crippen LogP contribution in [-0.2, 0) is 33.9 Å². The zero-order valence-electron chi connectivity index (χ0n) is 24.9. The van der Waals surface area contributed by atoms with Gasteiger partial charge in [0.1, 0.15) is 18.0 Å². The van der Waals surface area contributed by atoms with Gasteiger partial charge in [-0.05, 0) is 47.4 Å². The fourth-order valence-electron chi connectivity index (χ4n) is 6.34. The van der Waals surface area contributed by atoms with Gasteiger partial charge in [0.05, 0.1) is 23.8 Å². The number of phenolic OH excluding ortho intramolecular Hbond substituents is 1. The quantitative estimate of drug-likeness (QED) is 0.414. The molecule has 2 atom stereocenters. The molecule has 0 unspecified atom stereocenters. The van der Waals surface area contributed by atoms with Gasteiger partial charge in [-0.15, -0.1) is 0 Å². The van der Waals surface area contributed by atoms with Gasteiger partial charge < -0.3 is 25.1 Å². The molecule has 11 nitrogen and oxygen atoms in total. The first-order chi connectivity index (χ1) is 21.7. The number of rotatable bonds is 7. The fourth-order valence-corrected chi connectivity index (χ4v) is 6.56. The summed E-state index contributed by atoms with van der Waals surface area (Å²) in [5, 5.41) is 16.3. The van der Waals surface area contributed by atoms with Crippen LogP contribution in [0.2, 0.25) is 5.02 Å². The molecule has 0 saturated carbocycles. The lowest BCUT2D eigenvalue weighted by Gasteiger charge is -2.54. The van der Waals surface area contributed by atoms with Crippen LogP contribution >= 0.6 is 11.6 Å². The molecule has 3 aromatic rings. The zero-order valence-corrected chi connectivity index (χ0v) is 25.7. The van der Waals surface area contributed by atoms with Gasteiger partial charge in [0.15, 0.2) is 0 Å². The van der Waals surface area contributed by atoms with E-state index in [2.05, 4.69) is 5.32 Å². The van der Waals surface area contributed by atoms with Crippen molar-refractivity contribution in [3.05, 3.63) is 94.5 Å². The molecule has 3 aromatic carbocycles. The summed E-state index contributed by atoms with van der Waals surface area (Å²) in [6.07, 6.45) is 0.656. The van der Waals surface area contributed by atoms with Gasteiger partial charge in [0.2, 0.25) is 17.7 Å². The van der Waals surface area contributed by atoms with Crippen molar-refractivity contribution in [1.29, 1.82) is 0 Å². The molecule has 3 aliphatic heterocycles. The summed E-state index contributed by atoms with van der Waals surface area (Å²) in [4.78, 5) is 58.8. The van der Waals surface area contributed by atoms with E-state index in [4.69, 9.17) is 11.6 Å². The maximum absolute atomic E-state index is 14.2. The molecule has 45 heavy (non-hydrogen) atoms. The van der Waals surface area contributed by atoms with Gasteiger partial charge in [0, 0.05) is 39.5 Å². The number of benzene rings is 3. The van der Waals surface area contributed by atoms with Crippen molar-refractivity contribution in [2.24, 2.45) is 0 Å². The molecule has 0 aliphatic carbocycles. The number of hydrogen-bond acceptors (Lipinski definition) is 6. The van der Waals surface area contributed by atoms with Crippen LogP contribution in [0.3, 0.4) is 0 Å². The van der Waals surface area contributed by atoms with Crippen molar-refractivity contribution < 1.29 is 24.3 Å². The second kappa shape index (κ2) is 12.8. The number of anilines is 1. The maximum atomic E-state index is 14.2. The minimum atomic E-state index is -0.883. The van der Waals surface area contributed by atoms with Gasteiger partial charge in [0.25, 0.3) is 0 Å². The molecule has 3 heterocycles. The highest BCUT2D eigenvalue weighted by atomic mass is 35.5. The largest absolute Gasteiger partial charge is 0.508 e. The topological polar surface area (TPSA) is 117 Å². The van der Waals surface area contributed by atoms with Crippen LogP contribution in [-0.4, -0.2) is 87.6 Å². The fraction of sp³-hybridized carbons (Fsp3) is 0.333. The van der Waals surface area contributed by atoms with Crippen LogP contribution in [0.1, 0.15) is 29.5 Å². The number of fused-ring (bicyclic) bond motifs is 1. The van der Waals surface area contributed by atoms with Crippen LogP contribution in [0.4, 0.5) is 10.5 Å². The van der Waals surface area contributed by atoms with E-state index in [0.717, 1.165) is 23.1 Å². The van der Waals surface area contributed by atoms with E-state index in [0.29, 0.717) is 30.2 Å². The predicted octanol–water partition coefficient (Wildman–Crippen LogP) is 3.35. The highest BCUT2D eigenvalue weighted by Crippen LogP contribution is 2.33. The van der Waals surface area contributed by atoms with E-state index in [9.17, 15) is 24.3 Å². The Morgan fingerprint density at radius 1 is 0.956 bits per heavy atom. The lowest BCUT2D eigenvalue weighted by molar-refractivity contribution is -0.187. The van der Waals surface area contributed by atoms with Crippen LogP contribution in [0.5, 0.6) is 5.75 Å². The van der Waals surface area contributed by atoms with E-state index in [1.807, 2.05) is 42.5 Å². The second-order valence-corrected chi connectivity index (χ2v) is 12.0. The zero-order chi connectivity index (χ0) is 31.7. The Balaban J connectivity index is 1.31. The summed E-state index contributed by atoms with van der Waals surface area (Å²) in [7, 11) is 1.69. The summed E-state index contributed by atoms with van der Waals surface area (Å²) in [5.74, 6) is -0.405. The maximum Gasteiger partial charge on any atom is 0.334 e. The number of nitrogens with zero attached hydrogens (tertiary/aromatic N) is 5. The number of urea groups is 1. The minimum absolute atomic E-state index is 0.00798. The minimum Gasteiger partial charge on any atom is -0.508 e. The average molecular weight is 631 g/mol. The molecule has 3 saturated heterocycles. The number of hydrazine groups is 1. The first-order valence-corrected chi connectivity index (χ1v) is 15.4. The lowest BCUT2D eigenvalue weighted by atomic mass is 9.98. The van der Waals surface area contributed by atoms with E-state index in [1.165, 1.54) is 9.91 Å². The molecule has 2 N–H and O–H groups in total. The summed E-state index contributed by atoms with van der Waals surface area (Å²) in [6.45, 7) is 1.09. The monoisotopic (exact) mass is 630 g/mol. The van der Waals surface area contributed by atoms with Gasteiger partial charge in [-0.25, -0.2) is 14.8 Å². The smallest absolute Gasteiger partial charge is 0.334 e. The van der Waals surface area contributed by atoms with Gasteiger partial charge in [-0.1, -0.05) is 60.1 Å². The van der Waals surface area contributed by atoms with Crippen molar-refractivity contribution in [2.75, 3.05) is 31.6 Å². The summed E-state index contributed by atoms with van der Waals surface area (Å²) in [5.41, 5.74) is 3.08. The van der Waals surface area contributed by atoms with Gasteiger partial charge in [-0.3, -0.25) is 14.4 Å². The highest BCUT2D eigenvalue weighted by molar-refractivity contribution is 6.33. The first-order valence-electron chi connectivity index (χ1n) is 15.0. The Labute approximate surface area is 266 Å². The number of amides is 5. The van der Waals surface area contributed by atoms with E-state index in [1.54, 1.807) is 52.2 Å². The molecular weight excluding hydrogens is 596 g/mol. The van der Waals surface area contributed by atoms with Crippen molar-refractivity contribution in [3.63, 3.8) is 0 Å². The van der Waals surface area contributed by atoms with E-state index in [-0.39, 0.29) is 55.6 Å². The Kier molecular flexibility index (Phi) is 8.64. The number of halogens is 1. The molecular formula is C33H35ClN6O5. The molecule has 0 aromatic heterocycles. The number of hydrogen-bond donors (Lipinski definition) is 2. The number of carbonyl (C=O) groups is 4. The molecule has 234 valence electrons. The Hall–Kier alpha value is -4.61. The van der Waals surface area contributed by atoms with Crippen LogP contribution in [0.15, 0.2) is 72.8 Å². The third kappa shape index (κ3) is 6.31.